The fourth-order valence-electron chi connectivity index (χ4n) is 3.23. The zero-order chi connectivity index (χ0) is 19.5. The number of hydroxylamine groups is 1. The van der Waals surface area contributed by atoms with E-state index in [0.717, 1.165) is 11.1 Å². The van der Waals surface area contributed by atoms with Gasteiger partial charge in [0.2, 0.25) is 15.9 Å². The van der Waals surface area contributed by atoms with Crippen LogP contribution in [-0.2, 0) is 25.0 Å². The minimum absolute atomic E-state index is 0.106. The summed E-state index contributed by atoms with van der Waals surface area (Å²) in [5.74, 6) is -1.37. The van der Waals surface area contributed by atoms with E-state index in [9.17, 15) is 18.0 Å². The molecule has 1 aliphatic heterocycles. The molecule has 2 rings (SSSR count). The van der Waals surface area contributed by atoms with Crippen molar-refractivity contribution >= 4 is 21.8 Å². The number of hydrogen-bond acceptors (Lipinski definition) is 5. The molecule has 1 saturated heterocycles. The number of amides is 2. The van der Waals surface area contributed by atoms with Crippen molar-refractivity contribution in [2.24, 2.45) is 0 Å². The van der Waals surface area contributed by atoms with Crippen LogP contribution in [0.4, 0.5) is 0 Å². The Morgan fingerprint density at radius 1 is 1.35 bits per heavy atom. The molecule has 0 spiro atoms. The van der Waals surface area contributed by atoms with Gasteiger partial charge in [-0.1, -0.05) is 29.8 Å². The lowest BCUT2D eigenvalue weighted by Gasteiger charge is -2.29. The average molecular weight is 383 g/mol. The Labute approximate surface area is 153 Å². The van der Waals surface area contributed by atoms with E-state index in [4.69, 9.17) is 5.21 Å². The standard InChI is InChI=1S/C17H25N3O5S/c1-12-4-6-13(7-5-12)17(2)9-10-20(16(17)22)14(15(21)19-23)8-11-26(24,25)18-3/h4-7,14,18,23H,8-11H2,1-3H3,(H,19,21)/t14-,17?/m1/s1. The van der Waals surface area contributed by atoms with E-state index in [2.05, 4.69) is 4.72 Å². The Morgan fingerprint density at radius 2 is 1.96 bits per heavy atom. The number of carbonyl (C=O) groups excluding carboxylic acids is 2. The van der Waals surface area contributed by atoms with Crippen LogP contribution in [-0.4, -0.2) is 55.7 Å². The predicted molar refractivity (Wildman–Crippen MR) is 96.0 cm³/mol. The molecule has 1 aromatic rings. The van der Waals surface area contributed by atoms with Gasteiger partial charge in [-0.05, 0) is 39.3 Å². The monoisotopic (exact) mass is 383 g/mol. The lowest BCUT2D eigenvalue weighted by Crippen LogP contribution is -2.50. The van der Waals surface area contributed by atoms with Crippen molar-refractivity contribution in [1.29, 1.82) is 0 Å². The molecule has 0 bridgehead atoms. The lowest BCUT2D eigenvalue weighted by molar-refractivity contribution is -0.143. The molecule has 144 valence electrons. The fourth-order valence-corrected chi connectivity index (χ4v) is 3.97. The maximum Gasteiger partial charge on any atom is 0.266 e. The maximum absolute atomic E-state index is 13.1. The van der Waals surface area contributed by atoms with E-state index < -0.39 is 27.4 Å². The zero-order valence-corrected chi connectivity index (χ0v) is 16.0. The Bertz CT molecular complexity index is 778. The largest absolute Gasteiger partial charge is 0.330 e. The molecule has 2 atom stereocenters. The van der Waals surface area contributed by atoms with Gasteiger partial charge >= 0.3 is 0 Å². The second-order valence-electron chi connectivity index (χ2n) is 6.75. The third-order valence-corrected chi connectivity index (χ3v) is 6.43. The predicted octanol–water partition coefficient (Wildman–Crippen LogP) is 0.298. The third kappa shape index (κ3) is 4.05. The van der Waals surface area contributed by atoms with Crippen LogP contribution < -0.4 is 10.2 Å². The van der Waals surface area contributed by atoms with Gasteiger partial charge in [0.15, 0.2) is 0 Å². The van der Waals surface area contributed by atoms with Gasteiger partial charge in [0.05, 0.1) is 11.2 Å². The highest BCUT2D eigenvalue weighted by Crippen LogP contribution is 2.37. The molecule has 3 N–H and O–H groups in total. The van der Waals surface area contributed by atoms with Crippen LogP contribution in [0.3, 0.4) is 0 Å². The summed E-state index contributed by atoms with van der Waals surface area (Å²) in [5.41, 5.74) is 2.68. The Kier molecular flexibility index (Phi) is 6.05. The molecule has 0 aliphatic carbocycles. The summed E-state index contributed by atoms with van der Waals surface area (Å²) in [4.78, 5) is 26.5. The zero-order valence-electron chi connectivity index (χ0n) is 15.2. The molecule has 9 heteroatoms. The molecule has 8 nitrogen and oxygen atoms in total. The fraction of sp³-hybridized carbons (Fsp3) is 0.529. The minimum atomic E-state index is -3.54. The number of aryl methyl sites for hydroxylation is 1. The second-order valence-corrected chi connectivity index (χ2v) is 8.80. The van der Waals surface area contributed by atoms with Gasteiger partial charge in [0, 0.05) is 6.54 Å². The van der Waals surface area contributed by atoms with Crippen LogP contribution in [0.15, 0.2) is 24.3 Å². The second kappa shape index (κ2) is 7.73. The molecule has 1 heterocycles. The van der Waals surface area contributed by atoms with Gasteiger partial charge in [-0.25, -0.2) is 18.6 Å². The Morgan fingerprint density at radius 3 is 2.50 bits per heavy atom. The molecule has 2 amide bonds. The first-order valence-electron chi connectivity index (χ1n) is 8.38. The molecule has 26 heavy (non-hydrogen) atoms. The number of sulfonamides is 1. The quantitative estimate of drug-likeness (QED) is 0.463. The Balaban J connectivity index is 2.26. The van der Waals surface area contributed by atoms with E-state index >= 15 is 0 Å². The summed E-state index contributed by atoms with van der Waals surface area (Å²) < 4.78 is 25.5. The molecule has 0 aromatic heterocycles. The number of benzene rings is 1. The highest BCUT2D eigenvalue weighted by molar-refractivity contribution is 7.89. The summed E-state index contributed by atoms with van der Waals surface area (Å²) in [6, 6.07) is 6.58. The molecule has 1 fully saturated rings. The number of nitrogens with one attached hydrogen (secondary N) is 2. The van der Waals surface area contributed by atoms with Crippen molar-refractivity contribution in [1.82, 2.24) is 15.1 Å². The summed E-state index contributed by atoms with van der Waals surface area (Å²) in [7, 11) is -2.25. The maximum atomic E-state index is 13.1. The average Bonchev–Trinajstić information content (AvgIpc) is 2.92. The van der Waals surface area contributed by atoms with Crippen molar-refractivity contribution in [3.8, 4) is 0 Å². The van der Waals surface area contributed by atoms with Gasteiger partial charge in [0.25, 0.3) is 5.91 Å². The summed E-state index contributed by atoms with van der Waals surface area (Å²) >= 11 is 0. The van der Waals surface area contributed by atoms with Gasteiger partial charge in [-0.15, -0.1) is 0 Å². The van der Waals surface area contributed by atoms with Crippen molar-refractivity contribution in [2.45, 2.75) is 38.1 Å². The van der Waals surface area contributed by atoms with E-state index in [1.165, 1.54) is 11.9 Å². The first kappa shape index (κ1) is 20.3. The van der Waals surface area contributed by atoms with E-state index in [1.807, 2.05) is 38.1 Å². The van der Waals surface area contributed by atoms with Crippen LogP contribution >= 0.6 is 0 Å². The first-order valence-corrected chi connectivity index (χ1v) is 10.0. The van der Waals surface area contributed by atoms with Gasteiger partial charge in [-0.2, -0.15) is 0 Å². The molecule has 1 unspecified atom stereocenters. The van der Waals surface area contributed by atoms with Crippen LogP contribution in [0, 0.1) is 6.92 Å². The molecular formula is C17H25N3O5S. The van der Waals surface area contributed by atoms with Crippen LogP contribution in [0.2, 0.25) is 0 Å². The SMILES string of the molecule is CNS(=O)(=O)CC[C@H](C(=O)NO)N1CCC(C)(c2ccc(C)cc2)C1=O. The summed E-state index contributed by atoms with van der Waals surface area (Å²) in [5, 5.41) is 9.01. The van der Waals surface area contributed by atoms with Gasteiger partial charge in [0.1, 0.15) is 6.04 Å². The van der Waals surface area contributed by atoms with Crippen LogP contribution in [0.1, 0.15) is 30.9 Å². The minimum Gasteiger partial charge on any atom is -0.330 e. The van der Waals surface area contributed by atoms with Gasteiger partial charge < -0.3 is 4.90 Å². The normalized spacial score (nSPS) is 21.7. The van der Waals surface area contributed by atoms with Crippen LogP contribution in [0.25, 0.3) is 0 Å². The van der Waals surface area contributed by atoms with Crippen molar-refractivity contribution in [3.05, 3.63) is 35.4 Å². The number of hydrogen-bond donors (Lipinski definition) is 3. The van der Waals surface area contributed by atoms with E-state index in [1.54, 1.807) is 5.48 Å². The van der Waals surface area contributed by atoms with E-state index in [0.29, 0.717) is 13.0 Å². The highest BCUT2D eigenvalue weighted by atomic mass is 32.2. The Hall–Kier alpha value is -1.97. The van der Waals surface area contributed by atoms with Gasteiger partial charge in [-0.3, -0.25) is 14.8 Å². The number of likely N-dealkylation sites (tertiary alicyclic amines) is 1. The number of nitrogens with zero attached hydrogens (tertiary/aromatic N) is 1. The molecule has 1 aliphatic rings. The van der Waals surface area contributed by atoms with Crippen LogP contribution in [0.5, 0.6) is 0 Å². The van der Waals surface area contributed by atoms with E-state index in [-0.39, 0.29) is 18.1 Å². The molecule has 1 aromatic carbocycles. The third-order valence-electron chi connectivity index (χ3n) is 5.03. The highest BCUT2D eigenvalue weighted by Gasteiger charge is 2.47. The smallest absolute Gasteiger partial charge is 0.266 e. The summed E-state index contributed by atoms with van der Waals surface area (Å²) in [6.07, 6.45) is 0.397. The topological polar surface area (TPSA) is 116 Å². The van der Waals surface area contributed by atoms with Crippen molar-refractivity contribution in [2.75, 3.05) is 19.3 Å². The number of rotatable bonds is 7. The van der Waals surface area contributed by atoms with Crippen molar-refractivity contribution in [3.63, 3.8) is 0 Å². The number of carbonyl (C=O) groups is 2. The summed E-state index contributed by atoms with van der Waals surface area (Å²) in [6.45, 7) is 4.08. The molecule has 0 radical (unpaired) electrons. The molecule has 0 saturated carbocycles. The molecular weight excluding hydrogens is 358 g/mol. The first-order chi connectivity index (χ1) is 12.1. The van der Waals surface area contributed by atoms with Crippen molar-refractivity contribution < 1.29 is 23.2 Å². The lowest BCUT2D eigenvalue weighted by atomic mass is 9.81.